The monoisotopic (exact) mass is 419 g/mol. The molecule has 0 unspecified atom stereocenters. The third-order valence-corrected chi connectivity index (χ3v) is 7.71. The largest absolute Gasteiger partial charge is 0.360 e. The van der Waals surface area contributed by atoms with Gasteiger partial charge >= 0.3 is 0 Å². The number of nitrogens with one attached hydrogen (secondary N) is 1. The molecule has 0 radical (unpaired) electrons. The lowest BCUT2D eigenvalue weighted by Gasteiger charge is -2.31. The molecule has 10 heteroatoms. The molecule has 8 nitrogen and oxygen atoms in total. The summed E-state index contributed by atoms with van der Waals surface area (Å²) in [6.07, 6.45) is 3.18. The van der Waals surface area contributed by atoms with Crippen LogP contribution in [0, 0.1) is 13.8 Å². The van der Waals surface area contributed by atoms with Crippen molar-refractivity contribution >= 4 is 32.3 Å². The van der Waals surface area contributed by atoms with Gasteiger partial charge in [-0.1, -0.05) is 11.2 Å². The topological polar surface area (TPSA) is 101 Å². The number of aryl methyl sites for hydroxylation is 2. The van der Waals surface area contributed by atoms with E-state index in [4.69, 9.17) is 9.51 Å². The number of rotatable bonds is 5. The number of hydrogen-bond donors (Lipinski definition) is 1. The summed E-state index contributed by atoms with van der Waals surface area (Å²) < 4.78 is 32.5. The van der Waals surface area contributed by atoms with Gasteiger partial charge in [0.25, 0.3) is 0 Å². The summed E-state index contributed by atoms with van der Waals surface area (Å²) in [6, 6.07) is 5.86. The summed E-state index contributed by atoms with van der Waals surface area (Å²) in [4.78, 5) is 9.10. The molecule has 1 aliphatic rings. The quantitative estimate of drug-likeness (QED) is 0.676. The fraction of sp³-hybridized carbons (Fsp3) is 0.389. The molecule has 3 aromatic heterocycles. The number of piperidine rings is 1. The summed E-state index contributed by atoms with van der Waals surface area (Å²) >= 11 is 1.51. The van der Waals surface area contributed by atoms with Crippen LogP contribution >= 0.6 is 11.3 Å². The number of thiazole rings is 1. The maximum absolute atomic E-state index is 13.0. The van der Waals surface area contributed by atoms with Crippen molar-refractivity contribution in [1.82, 2.24) is 19.4 Å². The molecule has 0 saturated carbocycles. The molecule has 0 atom stereocenters. The van der Waals surface area contributed by atoms with E-state index in [2.05, 4.69) is 15.5 Å². The average molecular weight is 420 g/mol. The summed E-state index contributed by atoms with van der Waals surface area (Å²) in [5.74, 6) is 1.30. The number of hydrogen-bond acceptors (Lipinski definition) is 8. The highest BCUT2D eigenvalue weighted by Gasteiger charge is 2.34. The minimum absolute atomic E-state index is 0.193. The number of pyridine rings is 1. The van der Waals surface area contributed by atoms with Crippen LogP contribution in [0.5, 0.6) is 0 Å². The maximum Gasteiger partial charge on any atom is 0.248 e. The van der Waals surface area contributed by atoms with Crippen LogP contribution in [0.2, 0.25) is 0 Å². The van der Waals surface area contributed by atoms with E-state index in [9.17, 15) is 8.42 Å². The molecule has 148 valence electrons. The van der Waals surface area contributed by atoms with Gasteiger partial charge < -0.3 is 9.84 Å². The maximum atomic E-state index is 13.0. The standard InChI is InChI=1S/C18H21N5O3S2/c1-12-17(13(2)26-22-12)28(24,25)23-9-6-14(7-10-23)15-4-3-5-16(20-15)21-18-19-8-11-27-18/h3-5,8,11,14H,6-7,9-10H2,1-2H3,(H,19,20,21). The van der Waals surface area contributed by atoms with Crippen LogP contribution in [0.25, 0.3) is 0 Å². The van der Waals surface area contributed by atoms with Crippen molar-refractivity contribution in [3.05, 3.63) is 46.9 Å². The number of aromatic nitrogens is 3. The fourth-order valence-corrected chi connectivity index (χ4v) is 5.80. The zero-order valence-electron chi connectivity index (χ0n) is 15.6. The molecule has 0 amide bonds. The highest BCUT2D eigenvalue weighted by atomic mass is 32.2. The molecule has 4 heterocycles. The minimum Gasteiger partial charge on any atom is -0.360 e. The van der Waals surface area contributed by atoms with Crippen molar-refractivity contribution in [2.24, 2.45) is 0 Å². The lowest BCUT2D eigenvalue weighted by atomic mass is 9.94. The Kier molecular flexibility index (Phi) is 5.17. The first-order valence-electron chi connectivity index (χ1n) is 9.01. The van der Waals surface area contributed by atoms with E-state index in [1.807, 2.05) is 23.6 Å². The predicted octanol–water partition coefficient (Wildman–Crippen LogP) is 3.45. The molecule has 0 aromatic carbocycles. The van der Waals surface area contributed by atoms with Crippen LogP contribution in [0.3, 0.4) is 0 Å². The van der Waals surface area contributed by atoms with Crippen LogP contribution in [0.4, 0.5) is 10.9 Å². The Morgan fingerprint density at radius 2 is 2.04 bits per heavy atom. The first kappa shape index (κ1) is 19.0. The molecular formula is C18H21N5O3S2. The van der Waals surface area contributed by atoms with Crippen molar-refractivity contribution in [2.45, 2.75) is 37.5 Å². The summed E-state index contributed by atoms with van der Waals surface area (Å²) in [5.41, 5.74) is 1.37. The normalized spacial score (nSPS) is 16.4. The Bertz CT molecular complexity index is 1040. The van der Waals surface area contributed by atoms with Crippen LogP contribution in [0.15, 0.2) is 39.2 Å². The van der Waals surface area contributed by atoms with Gasteiger partial charge in [0, 0.05) is 36.3 Å². The second-order valence-electron chi connectivity index (χ2n) is 6.74. The highest BCUT2D eigenvalue weighted by molar-refractivity contribution is 7.89. The van der Waals surface area contributed by atoms with E-state index in [-0.39, 0.29) is 10.8 Å². The van der Waals surface area contributed by atoms with E-state index in [1.54, 1.807) is 20.0 Å². The second kappa shape index (κ2) is 7.61. The zero-order valence-corrected chi connectivity index (χ0v) is 17.3. The first-order chi connectivity index (χ1) is 13.4. The van der Waals surface area contributed by atoms with Gasteiger partial charge in [0.1, 0.15) is 16.4 Å². The van der Waals surface area contributed by atoms with Crippen LogP contribution < -0.4 is 5.32 Å². The van der Waals surface area contributed by atoms with Gasteiger partial charge in [-0.2, -0.15) is 4.31 Å². The Labute approximate surface area is 167 Å². The Hall–Kier alpha value is -2.30. The third-order valence-electron chi connectivity index (χ3n) is 4.88. The fourth-order valence-electron chi connectivity index (χ4n) is 3.51. The Morgan fingerprint density at radius 3 is 2.68 bits per heavy atom. The van der Waals surface area contributed by atoms with E-state index >= 15 is 0 Å². The average Bonchev–Trinajstić information content (AvgIpc) is 3.31. The molecule has 0 spiro atoms. The van der Waals surface area contributed by atoms with Crippen molar-refractivity contribution in [3.8, 4) is 0 Å². The molecule has 1 aliphatic heterocycles. The van der Waals surface area contributed by atoms with E-state index < -0.39 is 10.0 Å². The van der Waals surface area contributed by atoms with Gasteiger partial charge in [0.05, 0.1) is 0 Å². The van der Waals surface area contributed by atoms with Crippen LogP contribution in [-0.2, 0) is 10.0 Å². The lowest BCUT2D eigenvalue weighted by molar-refractivity contribution is 0.316. The molecule has 28 heavy (non-hydrogen) atoms. The SMILES string of the molecule is Cc1noc(C)c1S(=O)(=O)N1CCC(c2cccc(Nc3nccs3)n2)CC1. The number of anilines is 2. The van der Waals surface area contributed by atoms with Gasteiger partial charge in [-0.15, -0.1) is 11.3 Å². The molecule has 1 N–H and O–H groups in total. The van der Waals surface area contributed by atoms with Crippen molar-refractivity contribution in [3.63, 3.8) is 0 Å². The van der Waals surface area contributed by atoms with Crippen LogP contribution in [-0.4, -0.2) is 40.9 Å². The number of nitrogens with zero attached hydrogens (tertiary/aromatic N) is 4. The zero-order chi connectivity index (χ0) is 19.7. The Balaban J connectivity index is 1.46. The molecule has 1 fully saturated rings. The van der Waals surface area contributed by atoms with E-state index in [1.165, 1.54) is 15.6 Å². The highest BCUT2D eigenvalue weighted by Crippen LogP contribution is 2.32. The van der Waals surface area contributed by atoms with Gasteiger partial charge in [-0.25, -0.2) is 18.4 Å². The molecule has 0 bridgehead atoms. The summed E-state index contributed by atoms with van der Waals surface area (Å²) in [7, 11) is -3.59. The Morgan fingerprint density at radius 1 is 1.25 bits per heavy atom. The summed E-state index contributed by atoms with van der Waals surface area (Å²) in [5, 5.41) is 9.68. The van der Waals surface area contributed by atoms with Gasteiger partial charge in [-0.05, 0) is 38.8 Å². The van der Waals surface area contributed by atoms with Gasteiger partial charge in [0.2, 0.25) is 10.0 Å². The smallest absolute Gasteiger partial charge is 0.248 e. The molecule has 4 rings (SSSR count). The third kappa shape index (κ3) is 3.67. The number of sulfonamides is 1. The van der Waals surface area contributed by atoms with E-state index in [0.29, 0.717) is 24.5 Å². The summed E-state index contributed by atoms with van der Waals surface area (Å²) in [6.45, 7) is 4.18. The second-order valence-corrected chi connectivity index (χ2v) is 9.51. The van der Waals surface area contributed by atoms with Crippen LogP contribution in [0.1, 0.15) is 35.9 Å². The van der Waals surface area contributed by atoms with Crippen molar-refractivity contribution in [1.29, 1.82) is 0 Å². The predicted molar refractivity (Wildman–Crippen MR) is 106 cm³/mol. The molecule has 0 aliphatic carbocycles. The molecular weight excluding hydrogens is 398 g/mol. The van der Waals surface area contributed by atoms with Crippen molar-refractivity contribution in [2.75, 3.05) is 18.4 Å². The first-order valence-corrected chi connectivity index (χ1v) is 11.3. The molecule has 1 saturated heterocycles. The molecule has 3 aromatic rings. The lowest BCUT2D eigenvalue weighted by Crippen LogP contribution is -2.38. The van der Waals surface area contributed by atoms with E-state index in [0.717, 1.165) is 29.5 Å². The van der Waals surface area contributed by atoms with Gasteiger partial charge in [0.15, 0.2) is 10.9 Å². The van der Waals surface area contributed by atoms with Gasteiger partial charge in [-0.3, -0.25) is 0 Å². The van der Waals surface area contributed by atoms with Crippen molar-refractivity contribution < 1.29 is 12.9 Å². The minimum atomic E-state index is -3.59.